The average molecular weight is 324 g/mol. The van der Waals surface area contributed by atoms with E-state index in [1.807, 2.05) is 24.3 Å². The Bertz CT molecular complexity index is 743. The highest BCUT2D eigenvalue weighted by atomic mass is 79.9. The molecule has 3 rings (SSSR count). The minimum Gasteiger partial charge on any atom is -0.380 e. The zero-order valence-electron chi connectivity index (χ0n) is 9.29. The van der Waals surface area contributed by atoms with Crippen LogP contribution in [0.25, 0.3) is 11.0 Å². The fraction of sp³-hybridized carbons (Fsp3) is 0.0833. The first-order valence-electron chi connectivity index (χ1n) is 5.41. The van der Waals surface area contributed by atoms with Crippen LogP contribution >= 0.6 is 27.3 Å². The lowest BCUT2D eigenvalue weighted by atomic mass is 10.2. The van der Waals surface area contributed by atoms with E-state index in [0.717, 1.165) is 27.1 Å². The highest BCUT2D eigenvalue weighted by molar-refractivity contribution is 9.11. The molecular weight excluding hydrogens is 314 g/mol. The van der Waals surface area contributed by atoms with E-state index in [1.165, 1.54) is 4.88 Å². The van der Waals surface area contributed by atoms with Crippen LogP contribution in [0.15, 0.2) is 38.9 Å². The Morgan fingerprint density at radius 1 is 1.17 bits per heavy atom. The van der Waals surface area contributed by atoms with Crippen molar-refractivity contribution in [3.05, 3.63) is 49.5 Å². The molecule has 0 amide bonds. The van der Waals surface area contributed by atoms with E-state index >= 15 is 0 Å². The number of aromatic amines is 2. The normalized spacial score (nSPS) is 10.9. The van der Waals surface area contributed by atoms with Gasteiger partial charge in [0.25, 0.3) is 0 Å². The molecule has 92 valence electrons. The molecule has 0 fully saturated rings. The van der Waals surface area contributed by atoms with Crippen molar-refractivity contribution in [3.8, 4) is 0 Å². The van der Waals surface area contributed by atoms with Crippen LogP contribution < -0.4 is 11.0 Å². The van der Waals surface area contributed by atoms with Gasteiger partial charge in [0, 0.05) is 17.1 Å². The third-order valence-corrected chi connectivity index (χ3v) is 4.24. The fourth-order valence-corrected chi connectivity index (χ4v) is 3.20. The monoisotopic (exact) mass is 323 g/mol. The van der Waals surface area contributed by atoms with Crippen molar-refractivity contribution in [3.63, 3.8) is 0 Å². The number of anilines is 1. The molecule has 0 aliphatic rings. The maximum Gasteiger partial charge on any atom is 0.323 e. The number of fused-ring (bicyclic) bond motifs is 1. The Labute approximate surface area is 115 Å². The number of thiophene rings is 1. The van der Waals surface area contributed by atoms with Gasteiger partial charge in [-0.1, -0.05) is 0 Å². The van der Waals surface area contributed by atoms with Crippen molar-refractivity contribution in [1.82, 2.24) is 9.97 Å². The molecule has 0 unspecified atom stereocenters. The van der Waals surface area contributed by atoms with Gasteiger partial charge in [0.15, 0.2) is 0 Å². The van der Waals surface area contributed by atoms with E-state index in [-0.39, 0.29) is 5.69 Å². The standard InChI is InChI=1S/C12H10BrN3OS/c13-11-4-2-8(18-11)6-14-7-1-3-9-10(5-7)16-12(17)15-9/h1-5,14H,6H2,(H2,15,16,17). The van der Waals surface area contributed by atoms with Gasteiger partial charge >= 0.3 is 5.69 Å². The van der Waals surface area contributed by atoms with Gasteiger partial charge in [-0.25, -0.2) is 4.79 Å². The molecule has 0 aliphatic carbocycles. The number of aromatic nitrogens is 2. The molecule has 4 nitrogen and oxygen atoms in total. The molecule has 18 heavy (non-hydrogen) atoms. The second kappa shape index (κ2) is 4.62. The number of rotatable bonds is 3. The molecule has 0 bridgehead atoms. The number of halogens is 1. The minimum absolute atomic E-state index is 0.177. The molecule has 0 atom stereocenters. The highest BCUT2D eigenvalue weighted by Gasteiger charge is 2.01. The van der Waals surface area contributed by atoms with Crippen molar-refractivity contribution in [2.45, 2.75) is 6.54 Å². The zero-order valence-corrected chi connectivity index (χ0v) is 11.7. The quantitative estimate of drug-likeness (QED) is 0.692. The summed E-state index contributed by atoms with van der Waals surface area (Å²) in [6.45, 7) is 0.774. The summed E-state index contributed by atoms with van der Waals surface area (Å²) in [4.78, 5) is 17.9. The van der Waals surface area contributed by atoms with Crippen LogP contribution in [0.4, 0.5) is 5.69 Å². The van der Waals surface area contributed by atoms with Crippen molar-refractivity contribution in [2.24, 2.45) is 0 Å². The summed E-state index contributed by atoms with van der Waals surface area (Å²) in [5.74, 6) is 0. The molecular formula is C12H10BrN3OS. The maximum atomic E-state index is 11.1. The van der Waals surface area contributed by atoms with Gasteiger partial charge in [-0.3, -0.25) is 0 Å². The van der Waals surface area contributed by atoms with Gasteiger partial charge in [0.1, 0.15) is 0 Å². The molecule has 0 saturated heterocycles. The molecule has 0 radical (unpaired) electrons. The Morgan fingerprint density at radius 3 is 2.78 bits per heavy atom. The molecule has 2 heterocycles. The first-order chi connectivity index (χ1) is 8.70. The Hall–Kier alpha value is -1.53. The smallest absolute Gasteiger partial charge is 0.323 e. The van der Waals surface area contributed by atoms with Crippen LogP contribution in [-0.4, -0.2) is 9.97 Å². The van der Waals surface area contributed by atoms with Crippen LogP contribution in [0.1, 0.15) is 4.88 Å². The number of hydrogen-bond donors (Lipinski definition) is 3. The molecule has 1 aromatic carbocycles. The molecule has 0 spiro atoms. The Balaban J connectivity index is 1.80. The van der Waals surface area contributed by atoms with Crippen molar-refractivity contribution < 1.29 is 0 Å². The summed E-state index contributed by atoms with van der Waals surface area (Å²) in [6.07, 6.45) is 0. The molecule has 6 heteroatoms. The van der Waals surface area contributed by atoms with Crippen LogP contribution in [0, 0.1) is 0 Å². The van der Waals surface area contributed by atoms with Crippen molar-refractivity contribution in [2.75, 3.05) is 5.32 Å². The summed E-state index contributed by atoms with van der Waals surface area (Å²) in [5, 5.41) is 3.33. The maximum absolute atomic E-state index is 11.1. The lowest BCUT2D eigenvalue weighted by Gasteiger charge is -2.04. The van der Waals surface area contributed by atoms with Crippen LogP contribution in [0.3, 0.4) is 0 Å². The van der Waals surface area contributed by atoms with E-state index in [9.17, 15) is 4.79 Å². The van der Waals surface area contributed by atoms with Gasteiger partial charge in [-0.05, 0) is 46.3 Å². The number of benzene rings is 1. The summed E-state index contributed by atoms with van der Waals surface area (Å²) >= 11 is 5.15. The Kier molecular flexibility index (Phi) is 2.97. The van der Waals surface area contributed by atoms with Gasteiger partial charge in [0.2, 0.25) is 0 Å². The van der Waals surface area contributed by atoms with Gasteiger partial charge in [-0.15, -0.1) is 11.3 Å². The third kappa shape index (κ3) is 2.34. The van der Waals surface area contributed by atoms with E-state index in [2.05, 4.69) is 37.3 Å². The largest absolute Gasteiger partial charge is 0.380 e. The fourth-order valence-electron chi connectivity index (χ4n) is 1.78. The number of H-pyrrole nitrogens is 2. The van der Waals surface area contributed by atoms with Crippen LogP contribution in [0.2, 0.25) is 0 Å². The number of hydrogen-bond acceptors (Lipinski definition) is 3. The van der Waals surface area contributed by atoms with Crippen molar-refractivity contribution >= 4 is 44.0 Å². The van der Waals surface area contributed by atoms with Crippen molar-refractivity contribution in [1.29, 1.82) is 0 Å². The topological polar surface area (TPSA) is 60.7 Å². The third-order valence-electron chi connectivity index (χ3n) is 2.61. The summed E-state index contributed by atoms with van der Waals surface area (Å²) < 4.78 is 1.13. The van der Waals surface area contributed by atoms with E-state index in [4.69, 9.17) is 0 Å². The average Bonchev–Trinajstić information content (AvgIpc) is 2.90. The van der Waals surface area contributed by atoms with Crippen LogP contribution in [-0.2, 0) is 6.54 Å². The predicted octanol–water partition coefficient (Wildman–Crippen LogP) is 3.29. The molecule has 0 aliphatic heterocycles. The summed E-state index contributed by atoms with van der Waals surface area (Å²) in [7, 11) is 0. The first-order valence-corrected chi connectivity index (χ1v) is 7.02. The van der Waals surface area contributed by atoms with Gasteiger partial charge < -0.3 is 15.3 Å². The van der Waals surface area contributed by atoms with E-state index in [1.54, 1.807) is 11.3 Å². The lowest BCUT2D eigenvalue weighted by molar-refractivity contribution is 1.19. The minimum atomic E-state index is -0.177. The van der Waals surface area contributed by atoms with Gasteiger partial charge in [-0.2, -0.15) is 0 Å². The predicted molar refractivity (Wildman–Crippen MR) is 78.3 cm³/mol. The van der Waals surface area contributed by atoms with E-state index < -0.39 is 0 Å². The first kappa shape index (κ1) is 11.6. The Morgan fingerprint density at radius 2 is 2.00 bits per heavy atom. The second-order valence-corrected chi connectivity index (χ2v) is 6.45. The lowest BCUT2D eigenvalue weighted by Crippen LogP contribution is -1.99. The molecule has 0 saturated carbocycles. The highest BCUT2D eigenvalue weighted by Crippen LogP contribution is 2.23. The molecule has 3 N–H and O–H groups in total. The summed E-state index contributed by atoms with van der Waals surface area (Å²) in [6, 6.07) is 9.89. The second-order valence-electron chi connectivity index (χ2n) is 3.90. The van der Waals surface area contributed by atoms with Crippen LogP contribution in [0.5, 0.6) is 0 Å². The van der Waals surface area contributed by atoms with E-state index in [0.29, 0.717) is 0 Å². The number of nitrogens with one attached hydrogen (secondary N) is 3. The molecule has 2 aromatic heterocycles. The number of imidazole rings is 1. The zero-order chi connectivity index (χ0) is 12.5. The van der Waals surface area contributed by atoms with Gasteiger partial charge in [0.05, 0.1) is 14.8 Å². The molecule has 3 aromatic rings. The summed E-state index contributed by atoms with van der Waals surface area (Å²) in [5.41, 5.74) is 2.45. The SMILES string of the molecule is O=c1[nH]c2ccc(NCc3ccc(Br)s3)cc2[nH]1.